The van der Waals surface area contributed by atoms with Crippen molar-refractivity contribution in [1.82, 2.24) is 29.8 Å². The van der Waals surface area contributed by atoms with Gasteiger partial charge in [-0.3, -0.25) is 9.36 Å². The van der Waals surface area contributed by atoms with Gasteiger partial charge >= 0.3 is 0 Å². The van der Waals surface area contributed by atoms with Crippen molar-refractivity contribution in [2.24, 2.45) is 0 Å². The number of rotatable bonds is 8. The quantitative estimate of drug-likeness (QED) is 0.333. The summed E-state index contributed by atoms with van der Waals surface area (Å²) < 4.78 is 34.8. The molecule has 12 nitrogen and oxygen atoms in total. The lowest BCUT2D eigenvalue weighted by molar-refractivity contribution is -0.132. The Morgan fingerprint density at radius 2 is 1.71 bits per heavy atom. The van der Waals surface area contributed by atoms with E-state index in [0.29, 0.717) is 69.0 Å². The van der Waals surface area contributed by atoms with Gasteiger partial charge in [0, 0.05) is 25.2 Å². The van der Waals surface area contributed by atoms with E-state index < -0.39 is 30.9 Å². The Balaban J connectivity index is 1.41. The molecule has 3 aromatic rings. The Morgan fingerprint density at radius 1 is 1.03 bits per heavy atom. The van der Waals surface area contributed by atoms with E-state index in [0.717, 1.165) is 0 Å². The Bertz CT molecular complexity index is 1260. The fraction of sp³-hybridized carbons (Fsp3) is 0.542. The molecule has 3 heterocycles. The highest BCUT2D eigenvalue weighted by molar-refractivity contribution is 5.81. The van der Waals surface area contributed by atoms with Gasteiger partial charge in [0.05, 0.1) is 30.9 Å². The van der Waals surface area contributed by atoms with E-state index in [4.69, 9.17) is 9.84 Å². The summed E-state index contributed by atoms with van der Waals surface area (Å²) in [6.07, 6.45) is -1.60. The van der Waals surface area contributed by atoms with E-state index in [1.807, 2.05) is 4.90 Å². The molecule has 1 atom stereocenters. The molecule has 38 heavy (non-hydrogen) atoms. The van der Waals surface area contributed by atoms with Gasteiger partial charge < -0.3 is 30.5 Å². The molecule has 1 aliphatic heterocycles. The number of amides is 1. The number of imidazole rings is 1. The number of hydrogen-bond donors (Lipinski definition) is 4. The van der Waals surface area contributed by atoms with E-state index >= 15 is 0 Å². The van der Waals surface area contributed by atoms with Crippen molar-refractivity contribution in [2.45, 2.75) is 50.3 Å². The summed E-state index contributed by atoms with van der Waals surface area (Å²) in [5.74, 6) is -0.372. The highest BCUT2D eigenvalue weighted by Crippen LogP contribution is 2.28. The number of carbonyl (C=O) groups excluding carboxylic acids is 1. The maximum absolute atomic E-state index is 14.0. The van der Waals surface area contributed by atoms with Crippen LogP contribution in [0.4, 0.5) is 20.7 Å². The number of morpholine rings is 1. The Labute approximate surface area is 217 Å². The monoisotopic (exact) mass is 532 g/mol. The molecule has 2 aliphatic rings. The number of hydrogen-bond acceptors (Lipinski definition) is 10. The average molecular weight is 533 g/mol. The number of benzene rings is 1. The summed E-state index contributed by atoms with van der Waals surface area (Å²) in [7, 11) is 0. The van der Waals surface area contributed by atoms with Gasteiger partial charge in [0.1, 0.15) is 0 Å². The van der Waals surface area contributed by atoms with E-state index in [-0.39, 0.29) is 24.0 Å². The van der Waals surface area contributed by atoms with Gasteiger partial charge in [-0.1, -0.05) is 12.1 Å². The van der Waals surface area contributed by atoms with Crippen LogP contribution in [0.1, 0.15) is 37.9 Å². The van der Waals surface area contributed by atoms with Gasteiger partial charge in [-0.2, -0.15) is 15.0 Å². The lowest BCUT2D eigenvalue weighted by Gasteiger charge is -2.31. The molecule has 1 unspecified atom stereocenters. The van der Waals surface area contributed by atoms with Crippen LogP contribution in [-0.2, 0) is 9.53 Å². The molecule has 0 bridgehead atoms. The topological polar surface area (TPSA) is 151 Å². The standard InChI is InChI=1S/C24H30F2N8O4/c25-19(26)20-29-16-3-1-2-4-17(16)34(20)24-31-22(30-23(32-24)33-9-11-38-12-10-33)28-15-7-5-14(6-8-15)27-21(37)18(36)13-35/h1-4,14-15,18-19,35-36H,5-13H2,(H,27,37)(H,28,30,31,32). The van der Waals surface area contributed by atoms with Crippen LogP contribution in [-0.4, -0.2) is 91.7 Å². The van der Waals surface area contributed by atoms with Crippen LogP contribution in [0, 0.1) is 0 Å². The van der Waals surface area contributed by atoms with Crippen molar-refractivity contribution >= 4 is 28.8 Å². The SMILES string of the molecule is O=C(NC1CCC(Nc2nc(N3CCOCC3)nc(-n3c(C(F)F)nc4ccccc43)n2)CC1)C(O)CO. The molecular weight excluding hydrogens is 502 g/mol. The lowest BCUT2D eigenvalue weighted by atomic mass is 9.91. The lowest BCUT2D eigenvalue weighted by Crippen LogP contribution is -2.45. The first-order valence-electron chi connectivity index (χ1n) is 12.6. The van der Waals surface area contributed by atoms with Crippen LogP contribution in [0.25, 0.3) is 17.0 Å². The summed E-state index contributed by atoms with van der Waals surface area (Å²) in [6.45, 7) is 1.48. The molecule has 2 aromatic heterocycles. The molecule has 204 valence electrons. The molecule has 0 radical (unpaired) electrons. The molecule has 2 fully saturated rings. The predicted molar refractivity (Wildman–Crippen MR) is 133 cm³/mol. The van der Waals surface area contributed by atoms with E-state index in [1.165, 1.54) is 4.57 Å². The molecule has 1 aromatic carbocycles. The van der Waals surface area contributed by atoms with E-state index in [1.54, 1.807) is 24.3 Å². The zero-order valence-corrected chi connectivity index (χ0v) is 20.6. The molecule has 1 aliphatic carbocycles. The average Bonchev–Trinajstić information content (AvgIpc) is 3.34. The highest BCUT2D eigenvalue weighted by atomic mass is 19.3. The summed E-state index contributed by atoms with van der Waals surface area (Å²) in [6, 6.07) is 6.70. The minimum Gasteiger partial charge on any atom is -0.393 e. The van der Waals surface area contributed by atoms with Crippen LogP contribution < -0.4 is 15.5 Å². The Kier molecular flexibility index (Phi) is 7.90. The molecule has 1 amide bonds. The molecule has 4 N–H and O–H groups in total. The minimum atomic E-state index is -2.84. The molecule has 0 spiro atoms. The smallest absolute Gasteiger partial charge is 0.296 e. The van der Waals surface area contributed by atoms with Gasteiger partial charge in [-0.25, -0.2) is 13.8 Å². The van der Waals surface area contributed by atoms with Crippen LogP contribution in [0.2, 0.25) is 0 Å². The number of nitrogens with one attached hydrogen (secondary N) is 2. The maximum atomic E-state index is 14.0. The normalized spacial score (nSPS) is 21.0. The molecule has 1 saturated heterocycles. The fourth-order valence-corrected chi connectivity index (χ4v) is 4.77. The van der Waals surface area contributed by atoms with Crippen molar-refractivity contribution in [1.29, 1.82) is 0 Å². The number of ether oxygens (including phenoxy) is 1. The number of aliphatic hydroxyl groups excluding tert-OH is 2. The fourth-order valence-electron chi connectivity index (χ4n) is 4.77. The van der Waals surface area contributed by atoms with Gasteiger partial charge in [0.25, 0.3) is 12.3 Å². The third-order valence-electron chi connectivity index (χ3n) is 6.77. The summed E-state index contributed by atoms with van der Waals surface area (Å²) in [5.41, 5.74) is 0.881. The first-order chi connectivity index (χ1) is 18.4. The van der Waals surface area contributed by atoms with Gasteiger partial charge in [0.15, 0.2) is 11.9 Å². The number of nitrogens with zero attached hydrogens (tertiary/aromatic N) is 6. The van der Waals surface area contributed by atoms with Crippen LogP contribution in [0.15, 0.2) is 24.3 Å². The number of fused-ring (bicyclic) bond motifs is 1. The van der Waals surface area contributed by atoms with Crippen molar-refractivity contribution < 1.29 is 28.5 Å². The second-order valence-electron chi connectivity index (χ2n) is 9.35. The number of aliphatic hydroxyl groups is 2. The number of anilines is 2. The number of carbonyl (C=O) groups is 1. The van der Waals surface area contributed by atoms with Crippen LogP contribution in [0.3, 0.4) is 0 Å². The van der Waals surface area contributed by atoms with Crippen molar-refractivity contribution in [3.63, 3.8) is 0 Å². The van der Waals surface area contributed by atoms with Gasteiger partial charge in [-0.05, 0) is 37.8 Å². The first kappa shape index (κ1) is 26.1. The zero-order valence-electron chi connectivity index (χ0n) is 20.6. The van der Waals surface area contributed by atoms with Gasteiger partial charge in [-0.15, -0.1) is 0 Å². The van der Waals surface area contributed by atoms with E-state index in [2.05, 4.69) is 30.6 Å². The molecule has 14 heteroatoms. The van der Waals surface area contributed by atoms with E-state index in [9.17, 15) is 18.7 Å². The second kappa shape index (κ2) is 11.5. The zero-order chi connectivity index (χ0) is 26.6. The van der Waals surface area contributed by atoms with Crippen molar-refractivity contribution in [3.8, 4) is 5.95 Å². The molecule has 1 saturated carbocycles. The summed E-state index contributed by atoms with van der Waals surface area (Å²) >= 11 is 0. The van der Waals surface area contributed by atoms with Crippen LogP contribution >= 0.6 is 0 Å². The van der Waals surface area contributed by atoms with Crippen molar-refractivity contribution in [2.75, 3.05) is 43.1 Å². The summed E-state index contributed by atoms with van der Waals surface area (Å²) in [4.78, 5) is 31.6. The third kappa shape index (κ3) is 5.66. The second-order valence-corrected chi connectivity index (χ2v) is 9.35. The third-order valence-corrected chi connectivity index (χ3v) is 6.77. The number of para-hydroxylation sites is 2. The number of halogens is 2. The number of alkyl halides is 2. The van der Waals surface area contributed by atoms with Crippen LogP contribution in [0.5, 0.6) is 0 Å². The minimum absolute atomic E-state index is 0.0205. The maximum Gasteiger partial charge on any atom is 0.296 e. The predicted octanol–water partition coefficient (Wildman–Crippen LogP) is 1.18. The molecular formula is C24H30F2N8O4. The Morgan fingerprint density at radius 3 is 2.42 bits per heavy atom. The van der Waals surface area contributed by atoms with Crippen molar-refractivity contribution in [3.05, 3.63) is 30.1 Å². The van der Waals surface area contributed by atoms with Gasteiger partial charge in [0.2, 0.25) is 17.8 Å². The number of aromatic nitrogens is 5. The Hall–Kier alpha value is -3.49. The molecule has 5 rings (SSSR count). The summed E-state index contributed by atoms with van der Waals surface area (Å²) in [5, 5.41) is 24.5. The highest BCUT2D eigenvalue weighted by Gasteiger charge is 2.27. The first-order valence-corrected chi connectivity index (χ1v) is 12.6. The largest absolute Gasteiger partial charge is 0.393 e.